The number of tetrazole rings is 1. The fourth-order valence-corrected chi connectivity index (χ4v) is 4.31. The van der Waals surface area contributed by atoms with Crippen molar-refractivity contribution in [2.24, 2.45) is 0 Å². The number of hydrogen-bond acceptors (Lipinski definition) is 6. The van der Waals surface area contributed by atoms with Crippen LogP contribution in [-0.2, 0) is 9.59 Å². The molecule has 0 spiro atoms. The maximum atomic E-state index is 12.9. The van der Waals surface area contributed by atoms with Crippen molar-refractivity contribution in [1.82, 2.24) is 35.5 Å². The molecule has 0 saturated heterocycles. The number of nitrogens with one attached hydrogen (secondary N) is 3. The molecule has 182 valence electrons. The molecule has 0 fully saturated rings. The van der Waals surface area contributed by atoms with Crippen molar-refractivity contribution >= 4 is 35.2 Å². The number of nitrogens with zero attached hydrogens (tertiary/aromatic N) is 5. The second kappa shape index (κ2) is 10.5. The van der Waals surface area contributed by atoms with E-state index in [1.807, 2.05) is 24.3 Å². The Kier molecular flexibility index (Phi) is 6.85. The third kappa shape index (κ3) is 5.33. The molecule has 2 aromatic heterocycles. The van der Waals surface area contributed by atoms with E-state index in [4.69, 9.17) is 11.6 Å². The molecular formula is C25H23ClN8O2. The summed E-state index contributed by atoms with van der Waals surface area (Å²) in [6, 6.07) is 12.5. The number of benzene rings is 2. The van der Waals surface area contributed by atoms with Gasteiger partial charge in [-0.1, -0.05) is 36.2 Å². The van der Waals surface area contributed by atoms with E-state index in [1.54, 1.807) is 30.5 Å². The summed E-state index contributed by atoms with van der Waals surface area (Å²) in [5.41, 5.74) is 3.70. The quantitative estimate of drug-likeness (QED) is 0.360. The van der Waals surface area contributed by atoms with Crippen LogP contribution in [0.15, 0.2) is 61.1 Å². The van der Waals surface area contributed by atoms with Gasteiger partial charge < -0.3 is 15.6 Å². The first kappa shape index (κ1) is 23.4. The third-order valence-electron chi connectivity index (χ3n) is 5.88. The Labute approximate surface area is 211 Å². The standard InChI is InChI=1S/C25H23ClN8O2/c26-17-10-11-22(34-15-28-32-33-34)16(13-17)9-12-24(36)30-20-7-3-4-8-23(35)29-19-6-2-1-5-18(19)21-14-27-25(20)31-21/h1-2,5-6,9-15,20H,3-4,7-8H2,(H,27,31)(H,29,35)(H,30,36)/b12-9+. The van der Waals surface area contributed by atoms with Gasteiger partial charge in [0.15, 0.2) is 0 Å². The molecule has 0 saturated carbocycles. The van der Waals surface area contributed by atoms with Crippen molar-refractivity contribution in [3.8, 4) is 16.9 Å². The lowest BCUT2D eigenvalue weighted by atomic mass is 10.1. The Morgan fingerprint density at radius 2 is 2.08 bits per heavy atom. The van der Waals surface area contributed by atoms with Crippen LogP contribution in [0.1, 0.15) is 43.1 Å². The summed E-state index contributed by atoms with van der Waals surface area (Å²) >= 11 is 6.17. The summed E-state index contributed by atoms with van der Waals surface area (Å²) in [5, 5.41) is 17.8. The highest BCUT2D eigenvalue weighted by atomic mass is 35.5. The first-order valence-electron chi connectivity index (χ1n) is 11.5. The number of carbonyl (C=O) groups is 2. The summed E-state index contributed by atoms with van der Waals surface area (Å²) in [5.74, 6) is 0.336. The normalized spacial score (nSPS) is 16.0. The number of fused-ring (bicyclic) bond motifs is 4. The molecule has 0 radical (unpaired) electrons. The molecule has 3 heterocycles. The molecule has 2 amide bonds. The Morgan fingerprint density at radius 3 is 2.94 bits per heavy atom. The molecule has 1 aliphatic heterocycles. The minimum Gasteiger partial charge on any atom is -0.343 e. The number of imidazole rings is 1. The fourth-order valence-electron chi connectivity index (χ4n) is 4.13. The molecule has 2 aromatic carbocycles. The van der Waals surface area contributed by atoms with Gasteiger partial charge in [-0.3, -0.25) is 9.59 Å². The number of hydrogen-bond donors (Lipinski definition) is 3. The summed E-state index contributed by atoms with van der Waals surface area (Å²) in [4.78, 5) is 33.2. The Morgan fingerprint density at radius 1 is 1.19 bits per heavy atom. The van der Waals surface area contributed by atoms with Crippen molar-refractivity contribution in [3.63, 3.8) is 0 Å². The largest absolute Gasteiger partial charge is 0.343 e. The van der Waals surface area contributed by atoms with Crippen molar-refractivity contribution in [3.05, 3.63) is 77.5 Å². The van der Waals surface area contributed by atoms with Crippen LogP contribution in [0.25, 0.3) is 23.0 Å². The summed E-state index contributed by atoms with van der Waals surface area (Å²) in [7, 11) is 0. The van der Waals surface area contributed by atoms with E-state index in [2.05, 4.69) is 36.1 Å². The van der Waals surface area contributed by atoms with Crippen LogP contribution >= 0.6 is 11.6 Å². The molecule has 1 atom stereocenters. The predicted molar refractivity (Wildman–Crippen MR) is 135 cm³/mol. The van der Waals surface area contributed by atoms with Crippen molar-refractivity contribution in [2.75, 3.05) is 5.32 Å². The van der Waals surface area contributed by atoms with E-state index < -0.39 is 0 Å². The molecular weight excluding hydrogens is 480 g/mol. The van der Waals surface area contributed by atoms with E-state index >= 15 is 0 Å². The van der Waals surface area contributed by atoms with Crippen LogP contribution < -0.4 is 10.6 Å². The van der Waals surface area contributed by atoms with Gasteiger partial charge in [-0.2, -0.15) is 4.68 Å². The number of aromatic nitrogens is 6. The van der Waals surface area contributed by atoms with E-state index in [-0.39, 0.29) is 17.9 Å². The number of para-hydroxylation sites is 1. The lowest BCUT2D eigenvalue weighted by molar-refractivity contribution is -0.118. The smallest absolute Gasteiger partial charge is 0.244 e. The highest BCUT2D eigenvalue weighted by Gasteiger charge is 2.20. The van der Waals surface area contributed by atoms with E-state index in [9.17, 15) is 9.59 Å². The van der Waals surface area contributed by atoms with E-state index in [0.29, 0.717) is 41.4 Å². The molecule has 5 rings (SSSR count). The van der Waals surface area contributed by atoms with E-state index in [0.717, 1.165) is 23.4 Å². The Balaban J connectivity index is 1.38. The van der Waals surface area contributed by atoms with Gasteiger partial charge in [0, 0.05) is 28.6 Å². The van der Waals surface area contributed by atoms with Crippen LogP contribution in [0, 0.1) is 0 Å². The van der Waals surface area contributed by atoms with Gasteiger partial charge in [0.2, 0.25) is 11.8 Å². The van der Waals surface area contributed by atoms with Gasteiger partial charge >= 0.3 is 0 Å². The second-order valence-electron chi connectivity index (χ2n) is 8.37. The average molecular weight is 503 g/mol. The molecule has 1 aliphatic rings. The summed E-state index contributed by atoms with van der Waals surface area (Å²) < 4.78 is 1.50. The molecule has 11 heteroatoms. The SMILES string of the molecule is O=C(/C=C/c1cc(Cl)ccc1-n1cnnn1)NC1CCCCC(=O)Nc2ccccc2-c2cnc1[nH]2. The molecule has 1 unspecified atom stereocenters. The maximum absolute atomic E-state index is 12.9. The number of rotatable bonds is 4. The molecule has 4 aromatic rings. The minimum atomic E-state index is -0.344. The zero-order chi connectivity index (χ0) is 24.9. The minimum absolute atomic E-state index is 0.0359. The number of H-pyrrole nitrogens is 1. The fraction of sp³-hybridized carbons (Fsp3) is 0.200. The number of halogens is 1. The number of anilines is 1. The lowest BCUT2D eigenvalue weighted by Crippen LogP contribution is -2.28. The number of aromatic amines is 1. The molecule has 3 N–H and O–H groups in total. The summed E-state index contributed by atoms with van der Waals surface area (Å²) in [6.07, 6.45) is 8.79. The number of amides is 2. The molecule has 0 aliphatic carbocycles. The van der Waals surface area contributed by atoms with Crippen LogP contribution in [0.4, 0.5) is 5.69 Å². The van der Waals surface area contributed by atoms with Gasteiger partial charge in [0.25, 0.3) is 0 Å². The Bertz CT molecular complexity index is 1410. The van der Waals surface area contributed by atoms with Crippen LogP contribution in [0.2, 0.25) is 5.02 Å². The van der Waals surface area contributed by atoms with Gasteiger partial charge in [-0.05, 0) is 53.6 Å². The van der Waals surface area contributed by atoms with Gasteiger partial charge in [-0.25, -0.2) is 4.98 Å². The zero-order valence-corrected chi connectivity index (χ0v) is 19.9. The highest BCUT2D eigenvalue weighted by Crippen LogP contribution is 2.29. The first-order valence-corrected chi connectivity index (χ1v) is 11.9. The average Bonchev–Trinajstić information content (AvgIpc) is 3.57. The Hall–Kier alpha value is -4.31. The molecule has 10 nitrogen and oxygen atoms in total. The van der Waals surface area contributed by atoms with Crippen molar-refractivity contribution < 1.29 is 9.59 Å². The summed E-state index contributed by atoms with van der Waals surface area (Å²) in [6.45, 7) is 0. The first-order chi connectivity index (χ1) is 17.6. The second-order valence-corrected chi connectivity index (χ2v) is 8.81. The van der Waals surface area contributed by atoms with Crippen LogP contribution in [-0.4, -0.2) is 42.0 Å². The van der Waals surface area contributed by atoms with Crippen molar-refractivity contribution in [1.29, 1.82) is 0 Å². The number of carbonyl (C=O) groups excluding carboxylic acids is 2. The van der Waals surface area contributed by atoms with E-state index in [1.165, 1.54) is 17.1 Å². The van der Waals surface area contributed by atoms with Crippen LogP contribution in [0.3, 0.4) is 0 Å². The van der Waals surface area contributed by atoms with Crippen molar-refractivity contribution in [2.45, 2.75) is 31.7 Å². The maximum Gasteiger partial charge on any atom is 0.244 e. The lowest BCUT2D eigenvalue weighted by Gasteiger charge is -2.17. The van der Waals surface area contributed by atoms with Crippen LogP contribution in [0.5, 0.6) is 0 Å². The highest BCUT2D eigenvalue weighted by molar-refractivity contribution is 6.30. The molecule has 2 bridgehead atoms. The topological polar surface area (TPSA) is 130 Å². The predicted octanol–water partition coefficient (Wildman–Crippen LogP) is 4.09. The monoisotopic (exact) mass is 502 g/mol. The zero-order valence-electron chi connectivity index (χ0n) is 19.2. The third-order valence-corrected chi connectivity index (χ3v) is 6.11. The van der Waals surface area contributed by atoms with Gasteiger partial charge in [-0.15, -0.1) is 5.10 Å². The van der Waals surface area contributed by atoms with Gasteiger partial charge in [0.05, 0.1) is 29.3 Å². The molecule has 36 heavy (non-hydrogen) atoms. The van der Waals surface area contributed by atoms with Gasteiger partial charge in [0.1, 0.15) is 12.2 Å².